The van der Waals surface area contributed by atoms with E-state index in [1.165, 1.54) is 5.56 Å². The van der Waals surface area contributed by atoms with Crippen LogP contribution in [0.15, 0.2) is 57.8 Å². The molecule has 160 valence electrons. The number of aryl methyl sites for hydroxylation is 1. The average Bonchev–Trinajstić information content (AvgIpc) is 3.47. The van der Waals surface area contributed by atoms with Crippen molar-refractivity contribution in [3.05, 3.63) is 75.9 Å². The maximum absolute atomic E-state index is 13.9. The van der Waals surface area contributed by atoms with Crippen molar-refractivity contribution in [3.8, 4) is 17.1 Å². The molecule has 1 fully saturated rings. The molecule has 3 heterocycles. The Morgan fingerprint density at radius 1 is 1.19 bits per heavy atom. The van der Waals surface area contributed by atoms with Gasteiger partial charge in [-0.2, -0.15) is 0 Å². The summed E-state index contributed by atoms with van der Waals surface area (Å²) in [6.45, 7) is 2.15. The number of nitrogens with zero attached hydrogens (tertiary/aromatic N) is 3. The third kappa shape index (κ3) is 3.12. The Morgan fingerprint density at radius 2 is 2.03 bits per heavy atom. The molecule has 0 spiro atoms. The minimum Gasteiger partial charge on any atom is -0.497 e. The van der Waals surface area contributed by atoms with E-state index >= 15 is 0 Å². The molecule has 2 aromatic carbocycles. The van der Waals surface area contributed by atoms with Crippen LogP contribution in [-0.4, -0.2) is 21.8 Å². The largest absolute Gasteiger partial charge is 0.497 e. The highest BCUT2D eigenvalue weighted by molar-refractivity contribution is 7.25. The van der Waals surface area contributed by atoms with E-state index in [0.717, 1.165) is 44.8 Å². The lowest BCUT2D eigenvalue weighted by atomic mass is 10.0. The van der Waals surface area contributed by atoms with Crippen molar-refractivity contribution in [2.24, 2.45) is 0 Å². The summed E-state index contributed by atoms with van der Waals surface area (Å²) >= 11 is 1.56. The average molecular weight is 444 g/mol. The minimum absolute atomic E-state index is 0.0610. The highest BCUT2D eigenvalue weighted by Crippen LogP contribution is 2.45. The van der Waals surface area contributed by atoms with Crippen LogP contribution in [0.4, 0.5) is 0 Å². The molecule has 1 saturated carbocycles. The van der Waals surface area contributed by atoms with Gasteiger partial charge in [0.2, 0.25) is 0 Å². The molecular weight excluding hydrogens is 422 g/mol. The number of rotatable bonds is 5. The van der Waals surface area contributed by atoms with Gasteiger partial charge in [-0.1, -0.05) is 23.4 Å². The molecule has 0 bridgehead atoms. The van der Waals surface area contributed by atoms with Gasteiger partial charge in [0.1, 0.15) is 16.4 Å². The van der Waals surface area contributed by atoms with Crippen molar-refractivity contribution in [2.45, 2.75) is 32.2 Å². The van der Waals surface area contributed by atoms with Crippen molar-refractivity contribution in [3.63, 3.8) is 0 Å². The maximum Gasteiger partial charge on any atom is 0.263 e. The van der Waals surface area contributed by atoms with Gasteiger partial charge in [-0.25, -0.2) is 4.98 Å². The molecule has 1 aliphatic rings. The predicted octanol–water partition coefficient (Wildman–Crippen LogP) is 5.51. The Labute approximate surface area is 188 Å². The summed E-state index contributed by atoms with van der Waals surface area (Å²) in [7, 11) is 1.68. The monoisotopic (exact) mass is 443 g/mol. The third-order valence-electron chi connectivity index (χ3n) is 6.01. The number of benzene rings is 2. The van der Waals surface area contributed by atoms with Gasteiger partial charge in [0, 0.05) is 21.7 Å². The first-order valence-corrected chi connectivity index (χ1v) is 11.5. The molecule has 0 unspecified atom stereocenters. The number of methoxy groups -OCH3 is 1. The second-order valence-electron chi connectivity index (χ2n) is 8.27. The van der Waals surface area contributed by atoms with E-state index in [4.69, 9.17) is 14.2 Å². The molecule has 0 atom stereocenters. The van der Waals surface area contributed by atoms with Gasteiger partial charge < -0.3 is 9.26 Å². The number of thiophene rings is 1. The van der Waals surface area contributed by atoms with E-state index in [1.807, 2.05) is 49.4 Å². The van der Waals surface area contributed by atoms with Gasteiger partial charge in [-0.15, -0.1) is 11.3 Å². The van der Waals surface area contributed by atoms with E-state index in [9.17, 15) is 4.79 Å². The zero-order chi connectivity index (χ0) is 21.8. The second-order valence-corrected chi connectivity index (χ2v) is 9.30. The maximum atomic E-state index is 13.9. The summed E-state index contributed by atoms with van der Waals surface area (Å²) in [6.07, 6.45) is 2.27. The Morgan fingerprint density at radius 3 is 2.78 bits per heavy atom. The van der Waals surface area contributed by atoms with Crippen molar-refractivity contribution in [1.29, 1.82) is 0 Å². The van der Waals surface area contributed by atoms with Crippen LogP contribution in [0, 0.1) is 6.92 Å². The van der Waals surface area contributed by atoms with Gasteiger partial charge in [0.25, 0.3) is 5.56 Å². The quantitative estimate of drug-likeness (QED) is 0.358. The number of ether oxygens (including phenoxy) is 1. The Hall–Kier alpha value is -3.45. The van der Waals surface area contributed by atoms with Crippen molar-refractivity contribution < 1.29 is 9.26 Å². The molecule has 0 aliphatic heterocycles. The van der Waals surface area contributed by atoms with Gasteiger partial charge in [-0.05, 0) is 55.5 Å². The molecule has 6 nitrogen and oxygen atoms in total. The van der Waals surface area contributed by atoms with Gasteiger partial charge >= 0.3 is 0 Å². The Kier molecular flexibility index (Phi) is 4.40. The number of hydrogen-bond donors (Lipinski definition) is 0. The third-order valence-corrected chi connectivity index (χ3v) is 7.07. The normalized spacial score (nSPS) is 13.8. The van der Waals surface area contributed by atoms with Gasteiger partial charge in [-0.3, -0.25) is 9.36 Å². The van der Waals surface area contributed by atoms with E-state index in [1.54, 1.807) is 23.0 Å². The highest BCUT2D eigenvalue weighted by atomic mass is 32.1. The van der Waals surface area contributed by atoms with Crippen LogP contribution in [0.25, 0.3) is 31.7 Å². The first kappa shape index (κ1) is 19.3. The van der Waals surface area contributed by atoms with Gasteiger partial charge in [0.15, 0.2) is 5.76 Å². The minimum atomic E-state index is -0.0610. The molecule has 5 aromatic rings. The molecule has 1 aliphatic carbocycles. The van der Waals surface area contributed by atoms with E-state index < -0.39 is 0 Å². The Bertz CT molecular complexity index is 1540. The summed E-state index contributed by atoms with van der Waals surface area (Å²) in [4.78, 5) is 19.7. The topological polar surface area (TPSA) is 70.2 Å². The molecule has 32 heavy (non-hydrogen) atoms. The first-order chi connectivity index (χ1) is 15.6. The van der Waals surface area contributed by atoms with E-state index in [0.29, 0.717) is 22.9 Å². The highest BCUT2D eigenvalue weighted by Gasteiger charge is 2.29. The molecular formula is C25H21N3O3S. The summed E-state index contributed by atoms with van der Waals surface area (Å²) in [6, 6.07) is 15.9. The zero-order valence-corrected chi connectivity index (χ0v) is 18.6. The fourth-order valence-corrected chi connectivity index (χ4v) is 5.37. The van der Waals surface area contributed by atoms with Crippen LogP contribution in [0.3, 0.4) is 0 Å². The molecule has 3 aromatic heterocycles. The SMILES string of the molecule is COc1ccc(-c2nc3sc4ccccc4c3c(=O)n2Cc2cc(C)no2)c(C2CC2)c1. The molecule has 0 saturated heterocycles. The first-order valence-electron chi connectivity index (χ1n) is 10.6. The lowest BCUT2D eigenvalue weighted by Crippen LogP contribution is -2.24. The smallest absolute Gasteiger partial charge is 0.263 e. The lowest BCUT2D eigenvalue weighted by Gasteiger charge is -2.15. The van der Waals surface area contributed by atoms with E-state index in [2.05, 4.69) is 11.2 Å². The van der Waals surface area contributed by atoms with Crippen LogP contribution < -0.4 is 10.3 Å². The molecule has 0 radical (unpaired) electrons. The van der Waals surface area contributed by atoms with Crippen LogP contribution >= 0.6 is 11.3 Å². The summed E-state index contributed by atoms with van der Waals surface area (Å²) in [5.74, 6) is 2.58. The van der Waals surface area contributed by atoms with Crippen molar-refractivity contribution in [2.75, 3.05) is 7.11 Å². The summed E-state index contributed by atoms with van der Waals surface area (Å²) in [5, 5.41) is 5.60. The fourth-order valence-electron chi connectivity index (χ4n) is 4.31. The number of aromatic nitrogens is 3. The zero-order valence-electron chi connectivity index (χ0n) is 17.8. The predicted molar refractivity (Wildman–Crippen MR) is 126 cm³/mol. The molecule has 0 N–H and O–H groups in total. The number of fused-ring (bicyclic) bond motifs is 3. The van der Waals surface area contributed by atoms with Crippen molar-refractivity contribution >= 4 is 31.6 Å². The van der Waals surface area contributed by atoms with Crippen LogP contribution in [0.2, 0.25) is 0 Å². The van der Waals surface area contributed by atoms with Crippen LogP contribution in [0.5, 0.6) is 5.75 Å². The lowest BCUT2D eigenvalue weighted by molar-refractivity contribution is 0.372. The Balaban J connectivity index is 1.66. The van der Waals surface area contributed by atoms with Crippen LogP contribution in [0.1, 0.15) is 35.8 Å². The second kappa shape index (κ2) is 7.31. The van der Waals surface area contributed by atoms with Gasteiger partial charge in [0.05, 0.1) is 24.7 Å². The molecule has 6 rings (SSSR count). The summed E-state index contributed by atoms with van der Waals surface area (Å²) in [5.41, 5.74) is 2.88. The van der Waals surface area contributed by atoms with Crippen molar-refractivity contribution in [1.82, 2.24) is 14.7 Å². The molecule has 0 amide bonds. The standard InChI is InChI=1S/C25H21N3O3S/c1-14-11-17(31-27-14)13-28-23(18-10-9-16(30-2)12-20(18)15-7-8-15)26-24-22(25(28)29)19-5-3-4-6-21(19)32-24/h3-6,9-12,15H,7-8,13H2,1-2H3. The van der Waals surface area contributed by atoms with E-state index in [-0.39, 0.29) is 12.1 Å². The molecule has 7 heteroatoms. The van der Waals surface area contributed by atoms with Crippen LogP contribution in [-0.2, 0) is 6.54 Å². The fraction of sp³-hybridized carbons (Fsp3) is 0.240. The number of hydrogen-bond acceptors (Lipinski definition) is 6. The summed E-state index contributed by atoms with van der Waals surface area (Å²) < 4.78 is 13.7.